The Morgan fingerprint density at radius 1 is 1.29 bits per heavy atom. The molecular formula is C15H31NO. The molecule has 1 fully saturated rings. The zero-order valence-corrected chi connectivity index (χ0v) is 12.2. The fraction of sp³-hybridized carbons (Fsp3) is 1.00. The maximum Gasteiger partial charge on any atom is 0.0488 e. The molecule has 0 aromatic carbocycles. The smallest absolute Gasteiger partial charge is 0.0488 e. The van der Waals surface area contributed by atoms with E-state index < -0.39 is 0 Å². The van der Waals surface area contributed by atoms with Gasteiger partial charge in [0, 0.05) is 19.3 Å². The van der Waals surface area contributed by atoms with Crippen molar-refractivity contribution in [2.24, 2.45) is 17.8 Å². The maximum absolute atomic E-state index is 5.73. The van der Waals surface area contributed by atoms with Crippen LogP contribution in [0.5, 0.6) is 0 Å². The van der Waals surface area contributed by atoms with Crippen LogP contribution in [0.4, 0.5) is 0 Å². The van der Waals surface area contributed by atoms with Crippen molar-refractivity contribution in [3.63, 3.8) is 0 Å². The van der Waals surface area contributed by atoms with Crippen LogP contribution in [0.3, 0.4) is 0 Å². The van der Waals surface area contributed by atoms with E-state index in [1.54, 1.807) is 0 Å². The van der Waals surface area contributed by atoms with Crippen LogP contribution >= 0.6 is 0 Å². The summed E-state index contributed by atoms with van der Waals surface area (Å²) in [6.45, 7) is 12.0. The van der Waals surface area contributed by atoms with Gasteiger partial charge in [0.2, 0.25) is 0 Å². The molecule has 1 aliphatic carbocycles. The molecule has 1 N–H and O–H groups in total. The molecule has 17 heavy (non-hydrogen) atoms. The molecule has 3 atom stereocenters. The molecule has 0 aromatic heterocycles. The minimum absolute atomic E-state index is 0.657. The Kier molecular flexibility index (Phi) is 7.14. The van der Waals surface area contributed by atoms with E-state index in [1.807, 2.05) is 0 Å². The molecule has 3 unspecified atom stereocenters. The second-order valence-corrected chi connectivity index (χ2v) is 6.10. The highest BCUT2D eigenvalue weighted by Gasteiger charge is 2.27. The Hall–Kier alpha value is -0.0800. The third kappa shape index (κ3) is 5.87. The minimum Gasteiger partial charge on any atom is -0.381 e. The Morgan fingerprint density at radius 3 is 2.71 bits per heavy atom. The van der Waals surface area contributed by atoms with Crippen molar-refractivity contribution in [2.45, 2.75) is 59.4 Å². The molecule has 0 amide bonds. The summed E-state index contributed by atoms with van der Waals surface area (Å²) in [5, 5.41) is 3.65. The molecule has 102 valence electrons. The molecule has 1 rings (SSSR count). The molecule has 0 bridgehead atoms. The fourth-order valence-corrected chi connectivity index (χ4v) is 2.90. The van der Waals surface area contributed by atoms with Gasteiger partial charge >= 0.3 is 0 Å². The molecule has 2 nitrogen and oxygen atoms in total. The highest BCUT2D eigenvalue weighted by Crippen LogP contribution is 2.31. The van der Waals surface area contributed by atoms with Crippen LogP contribution in [0.25, 0.3) is 0 Å². The first-order valence-corrected chi connectivity index (χ1v) is 7.44. The number of ether oxygens (including phenoxy) is 1. The van der Waals surface area contributed by atoms with Crippen LogP contribution in [0.15, 0.2) is 0 Å². The van der Waals surface area contributed by atoms with E-state index in [-0.39, 0.29) is 0 Å². The Morgan fingerprint density at radius 2 is 2.06 bits per heavy atom. The lowest BCUT2D eigenvalue weighted by Gasteiger charge is -2.35. The van der Waals surface area contributed by atoms with Gasteiger partial charge in [-0.3, -0.25) is 0 Å². The summed E-state index contributed by atoms with van der Waals surface area (Å²) >= 11 is 0. The summed E-state index contributed by atoms with van der Waals surface area (Å²) in [4.78, 5) is 0. The largest absolute Gasteiger partial charge is 0.381 e. The van der Waals surface area contributed by atoms with Gasteiger partial charge in [0.15, 0.2) is 0 Å². The van der Waals surface area contributed by atoms with Gasteiger partial charge in [0.1, 0.15) is 0 Å². The lowest BCUT2D eigenvalue weighted by atomic mass is 9.77. The first-order valence-electron chi connectivity index (χ1n) is 7.44. The van der Waals surface area contributed by atoms with Crippen LogP contribution in [-0.2, 0) is 4.74 Å². The first kappa shape index (κ1) is 15.0. The molecule has 0 aliphatic heterocycles. The van der Waals surface area contributed by atoms with Crippen LogP contribution in [0.1, 0.15) is 53.4 Å². The number of rotatable bonds is 7. The highest BCUT2D eigenvalue weighted by molar-refractivity contribution is 4.83. The summed E-state index contributed by atoms with van der Waals surface area (Å²) in [6.07, 6.45) is 5.35. The summed E-state index contributed by atoms with van der Waals surface area (Å²) in [7, 11) is 0. The summed E-state index contributed by atoms with van der Waals surface area (Å²) in [6, 6.07) is 0.735. The second kappa shape index (κ2) is 8.10. The molecular weight excluding hydrogens is 210 g/mol. The predicted molar refractivity (Wildman–Crippen MR) is 74.2 cm³/mol. The van der Waals surface area contributed by atoms with E-state index in [1.165, 1.54) is 25.7 Å². The standard InChI is InChI=1S/C15H31NO/c1-5-16-15-7-6-13(4)10-14(15)8-9-17-11-12(2)3/h12-16H,5-11H2,1-4H3. The lowest BCUT2D eigenvalue weighted by molar-refractivity contribution is 0.0816. The van der Waals surface area contributed by atoms with Gasteiger partial charge in [-0.25, -0.2) is 0 Å². The van der Waals surface area contributed by atoms with Crippen molar-refractivity contribution in [1.29, 1.82) is 0 Å². The molecule has 0 heterocycles. The lowest BCUT2D eigenvalue weighted by Crippen LogP contribution is -2.40. The Balaban J connectivity index is 2.25. The SMILES string of the molecule is CCNC1CCC(C)CC1CCOCC(C)C. The van der Waals surface area contributed by atoms with Gasteiger partial charge in [-0.1, -0.05) is 27.7 Å². The van der Waals surface area contributed by atoms with Crippen molar-refractivity contribution in [2.75, 3.05) is 19.8 Å². The zero-order chi connectivity index (χ0) is 12.7. The van der Waals surface area contributed by atoms with Crippen molar-refractivity contribution in [3.8, 4) is 0 Å². The number of nitrogens with one attached hydrogen (secondary N) is 1. The topological polar surface area (TPSA) is 21.3 Å². The van der Waals surface area contributed by atoms with Crippen molar-refractivity contribution in [3.05, 3.63) is 0 Å². The summed E-state index contributed by atoms with van der Waals surface area (Å²) in [5.74, 6) is 2.38. The first-order chi connectivity index (χ1) is 8.13. The van der Waals surface area contributed by atoms with E-state index in [4.69, 9.17) is 4.74 Å². The molecule has 0 saturated heterocycles. The van der Waals surface area contributed by atoms with Gasteiger partial charge < -0.3 is 10.1 Å². The van der Waals surface area contributed by atoms with Gasteiger partial charge in [0.25, 0.3) is 0 Å². The summed E-state index contributed by atoms with van der Waals surface area (Å²) < 4.78 is 5.73. The minimum atomic E-state index is 0.657. The molecule has 0 radical (unpaired) electrons. The quantitative estimate of drug-likeness (QED) is 0.689. The monoisotopic (exact) mass is 241 g/mol. The average Bonchev–Trinajstić information content (AvgIpc) is 2.28. The van der Waals surface area contributed by atoms with E-state index >= 15 is 0 Å². The van der Waals surface area contributed by atoms with Crippen molar-refractivity contribution in [1.82, 2.24) is 5.32 Å². The second-order valence-electron chi connectivity index (χ2n) is 6.10. The van der Waals surface area contributed by atoms with Crippen LogP contribution in [0.2, 0.25) is 0 Å². The van der Waals surface area contributed by atoms with Crippen molar-refractivity contribution >= 4 is 0 Å². The maximum atomic E-state index is 5.73. The molecule has 2 heteroatoms. The fourth-order valence-electron chi connectivity index (χ4n) is 2.90. The number of hydrogen-bond acceptors (Lipinski definition) is 2. The molecule has 1 aliphatic rings. The normalized spacial score (nSPS) is 29.8. The molecule has 0 aromatic rings. The van der Waals surface area contributed by atoms with Gasteiger partial charge in [0.05, 0.1) is 0 Å². The van der Waals surface area contributed by atoms with Crippen molar-refractivity contribution < 1.29 is 4.74 Å². The van der Waals surface area contributed by atoms with Gasteiger partial charge in [-0.15, -0.1) is 0 Å². The third-order valence-corrected chi connectivity index (χ3v) is 3.80. The van der Waals surface area contributed by atoms with Crippen LogP contribution < -0.4 is 5.32 Å². The highest BCUT2D eigenvalue weighted by atomic mass is 16.5. The Labute approximate surface area is 108 Å². The molecule has 1 saturated carbocycles. The molecule has 0 spiro atoms. The van der Waals surface area contributed by atoms with Crippen LogP contribution in [-0.4, -0.2) is 25.8 Å². The van der Waals surface area contributed by atoms with Gasteiger partial charge in [-0.2, -0.15) is 0 Å². The Bertz CT molecular complexity index is 193. The van der Waals surface area contributed by atoms with Crippen LogP contribution in [0, 0.1) is 17.8 Å². The van der Waals surface area contributed by atoms with Gasteiger partial charge in [-0.05, 0) is 50.0 Å². The zero-order valence-electron chi connectivity index (χ0n) is 12.2. The summed E-state index contributed by atoms with van der Waals surface area (Å²) in [5.41, 5.74) is 0. The average molecular weight is 241 g/mol. The van der Waals surface area contributed by atoms with E-state index in [9.17, 15) is 0 Å². The predicted octanol–water partition coefficient (Wildman–Crippen LogP) is 3.46. The van der Waals surface area contributed by atoms with E-state index in [0.29, 0.717) is 5.92 Å². The third-order valence-electron chi connectivity index (χ3n) is 3.80. The van der Waals surface area contributed by atoms with E-state index in [0.717, 1.165) is 37.6 Å². The van der Waals surface area contributed by atoms with E-state index in [2.05, 4.69) is 33.0 Å². The number of hydrogen-bond donors (Lipinski definition) is 1.